The molecule has 0 N–H and O–H groups in total. The van der Waals surface area contributed by atoms with E-state index >= 15 is 0 Å². The molecule has 0 aliphatic rings. The highest BCUT2D eigenvalue weighted by Crippen LogP contribution is 2.43. The summed E-state index contributed by atoms with van der Waals surface area (Å²) in [5, 5.41) is 7.69. The van der Waals surface area contributed by atoms with E-state index in [1.807, 2.05) is 23.5 Å². The smallest absolute Gasteiger partial charge is 0.0540 e. The van der Waals surface area contributed by atoms with Gasteiger partial charge in [-0.25, -0.2) is 0 Å². The Kier molecular flexibility index (Phi) is 9.10. The van der Waals surface area contributed by atoms with Crippen LogP contribution in [0.2, 0.25) is 0 Å². The summed E-state index contributed by atoms with van der Waals surface area (Å²) in [6.45, 7) is 7.90. The Morgan fingerprint density at radius 3 is 1.74 bits per heavy atom. The van der Waals surface area contributed by atoms with Crippen molar-refractivity contribution in [1.29, 1.82) is 0 Å². The van der Waals surface area contributed by atoms with Gasteiger partial charge in [-0.2, -0.15) is 0 Å². The Morgan fingerprint density at radius 1 is 0.431 bits per heavy atom. The van der Waals surface area contributed by atoms with E-state index in [1.54, 1.807) is 6.08 Å². The van der Waals surface area contributed by atoms with Crippen LogP contribution in [0.1, 0.15) is 5.56 Å². The Morgan fingerprint density at radius 2 is 1.00 bits per heavy atom. The van der Waals surface area contributed by atoms with Gasteiger partial charge >= 0.3 is 0 Å². The molecule has 1 aromatic heterocycles. The first-order chi connectivity index (χ1) is 28.6. The number of nitrogens with zero attached hydrogens (tertiary/aromatic N) is 1. The molecule has 10 aromatic rings. The minimum atomic E-state index is 1.04. The van der Waals surface area contributed by atoms with E-state index in [9.17, 15) is 0 Å². The molecule has 0 atom stereocenters. The molecule has 274 valence electrons. The molecular formula is C56H39NS. The fraction of sp³-hybridized carbons (Fsp3) is 0. The van der Waals surface area contributed by atoms with Gasteiger partial charge in [-0.3, -0.25) is 0 Å². The van der Waals surface area contributed by atoms with Crippen molar-refractivity contribution in [3.63, 3.8) is 0 Å². The van der Waals surface area contributed by atoms with Gasteiger partial charge < -0.3 is 4.90 Å². The molecular weight excluding hydrogens is 719 g/mol. The Balaban J connectivity index is 1.06. The standard InChI is InChI=1S/C56H39NS/c1-3-11-38(4-2)39-18-20-43(21-19-39)51-14-7-9-16-54(51)57(48-32-26-41(27-33-48)45-29-35-56-53(37-45)52-15-8-10-17-55(52)58-56)47-30-24-40(25-31-47)44-28-34-50-46(36-44)23-22-42-12-5-6-13-49(42)50/h3-37H,1-2H2/b38-11+. The van der Waals surface area contributed by atoms with Crippen LogP contribution >= 0.6 is 11.3 Å². The Labute approximate surface area is 343 Å². The topological polar surface area (TPSA) is 3.24 Å². The lowest BCUT2D eigenvalue weighted by Gasteiger charge is -2.28. The first kappa shape index (κ1) is 35.2. The summed E-state index contributed by atoms with van der Waals surface area (Å²) in [6.07, 6.45) is 5.67. The summed E-state index contributed by atoms with van der Waals surface area (Å²) >= 11 is 1.85. The predicted molar refractivity (Wildman–Crippen MR) is 254 cm³/mol. The highest BCUT2D eigenvalue weighted by atomic mass is 32.1. The summed E-state index contributed by atoms with van der Waals surface area (Å²) in [6, 6.07) is 70.9. The van der Waals surface area contributed by atoms with Crippen LogP contribution in [0, 0.1) is 0 Å². The zero-order valence-electron chi connectivity index (χ0n) is 32.0. The van der Waals surface area contributed by atoms with Gasteiger partial charge in [-0.15, -0.1) is 11.3 Å². The Bertz CT molecular complexity index is 3180. The van der Waals surface area contributed by atoms with E-state index in [-0.39, 0.29) is 0 Å². The number of allylic oxidation sites excluding steroid dienone is 4. The van der Waals surface area contributed by atoms with Gasteiger partial charge in [0.2, 0.25) is 0 Å². The molecule has 0 fully saturated rings. The van der Waals surface area contributed by atoms with Gasteiger partial charge in [0.05, 0.1) is 5.69 Å². The molecule has 1 heterocycles. The molecule has 0 spiro atoms. The number of rotatable bonds is 9. The largest absolute Gasteiger partial charge is 0.310 e. The lowest BCUT2D eigenvalue weighted by atomic mass is 9.96. The fourth-order valence-corrected chi connectivity index (χ4v) is 9.38. The van der Waals surface area contributed by atoms with Gasteiger partial charge in [0.25, 0.3) is 0 Å². The third kappa shape index (κ3) is 6.40. The van der Waals surface area contributed by atoms with E-state index in [0.29, 0.717) is 0 Å². The van der Waals surface area contributed by atoms with Crippen LogP contribution in [-0.2, 0) is 0 Å². The van der Waals surface area contributed by atoms with Crippen molar-refractivity contribution in [2.24, 2.45) is 0 Å². The maximum Gasteiger partial charge on any atom is 0.0540 e. The van der Waals surface area contributed by atoms with Crippen molar-refractivity contribution in [2.45, 2.75) is 0 Å². The SMILES string of the molecule is C=C/C=C(\C=C)c1ccc(-c2ccccc2N(c2ccc(-c3ccc4c(ccc5ccccc54)c3)cc2)c2ccc(-c3ccc4sc5ccccc5c4c3)cc2)cc1. The second kappa shape index (κ2) is 15.0. The molecule has 0 aliphatic carbocycles. The number of benzene rings is 9. The molecule has 58 heavy (non-hydrogen) atoms. The van der Waals surface area contributed by atoms with Crippen LogP contribution in [0.5, 0.6) is 0 Å². The quantitative estimate of drug-likeness (QED) is 0.105. The number of hydrogen-bond acceptors (Lipinski definition) is 2. The number of para-hydroxylation sites is 1. The molecule has 0 amide bonds. The first-order valence-corrected chi connectivity index (χ1v) is 20.5. The summed E-state index contributed by atoms with van der Waals surface area (Å²) in [4.78, 5) is 2.38. The van der Waals surface area contributed by atoms with Gasteiger partial charge in [0.1, 0.15) is 0 Å². The van der Waals surface area contributed by atoms with Crippen LogP contribution in [0.4, 0.5) is 17.1 Å². The minimum absolute atomic E-state index is 1.04. The minimum Gasteiger partial charge on any atom is -0.310 e. The fourth-order valence-electron chi connectivity index (χ4n) is 8.30. The van der Waals surface area contributed by atoms with Crippen molar-refractivity contribution in [3.05, 3.63) is 231 Å². The molecule has 0 saturated carbocycles. The average molecular weight is 758 g/mol. The molecule has 2 heteroatoms. The third-order valence-corrected chi connectivity index (χ3v) is 12.4. The number of fused-ring (bicyclic) bond motifs is 6. The molecule has 9 aromatic carbocycles. The molecule has 0 saturated heterocycles. The molecule has 1 nitrogen and oxygen atoms in total. The van der Waals surface area contributed by atoms with Crippen LogP contribution < -0.4 is 4.90 Å². The zero-order valence-corrected chi connectivity index (χ0v) is 32.8. The van der Waals surface area contributed by atoms with Crippen molar-refractivity contribution >= 4 is 75.7 Å². The van der Waals surface area contributed by atoms with Crippen molar-refractivity contribution in [1.82, 2.24) is 0 Å². The second-order valence-corrected chi connectivity index (χ2v) is 15.7. The monoisotopic (exact) mass is 757 g/mol. The summed E-state index contributed by atoms with van der Waals surface area (Å²) in [5.41, 5.74) is 12.5. The first-order valence-electron chi connectivity index (χ1n) is 19.6. The van der Waals surface area contributed by atoms with Crippen LogP contribution in [0.3, 0.4) is 0 Å². The van der Waals surface area contributed by atoms with Gasteiger partial charge in [0.15, 0.2) is 0 Å². The van der Waals surface area contributed by atoms with E-state index in [1.165, 1.54) is 64.0 Å². The number of anilines is 3. The molecule has 0 unspecified atom stereocenters. The molecule has 10 rings (SSSR count). The van der Waals surface area contributed by atoms with E-state index in [0.717, 1.165) is 39.3 Å². The zero-order chi connectivity index (χ0) is 39.0. The van der Waals surface area contributed by atoms with E-state index < -0.39 is 0 Å². The molecule has 0 radical (unpaired) electrons. The molecule has 0 bridgehead atoms. The van der Waals surface area contributed by atoms with E-state index in [2.05, 4.69) is 212 Å². The lowest BCUT2D eigenvalue weighted by molar-refractivity contribution is 1.28. The third-order valence-electron chi connectivity index (χ3n) is 11.2. The second-order valence-electron chi connectivity index (χ2n) is 14.6. The normalized spacial score (nSPS) is 11.7. The van der Waals surface area contributed by atoms with Gasteiger partial charge in [0, 0.05) is 37.1 Å². The Hall–Kier alpha value is -7.26. The van der Waals surface area contributed by atoms with E-state index in [4.69, 9.17) is 0 Å². The highest BCUT2D eigenvalue weighted by Gasteiger charge is 2.18. The predicted octanol–water partition coefficient (Wildman–Crippen LogP) is 16.6. The van der Waals surface area contributed by atoms with Gasteiger partial charge in [-0.1, -0.05) is 171 Å². The van der Waals surface area contributed by atoms with Crippen molar-refractivity contribution in [3.8, 4) is 33.4 Å². The summed E-state index contributed by atoms with van der Waals surface area (Å²) < 4.78 is 2.64. The number of hydrogen-bond donors (Lipinski definition) is 0. The van der Waals surface area contributed by atoms with Crippen molar-refractivity contribution < 1.29 is 0 Å². The summed E-state index contributed by atoms with van der Waals surface area (Å²) in [7, 11) is 0. The molecule has 0 aliphatic heterocycles. The van der Waals surface area contributed by atoms with Gasteiger partial charge in [-0.05, 0) is 115 Å². The van der Waals surface area contributed by atoms with Crippen LogP contribution in [0.15, 0.2) is 226 Å². The maximum absolute atomic E-state index is 4.02. The average Bonchev–Trinajstić information content (AvgIpc) is 3.67. The maximum atomic E-state index is 4.02. The van der Waals surface area contributed by atoms with Crippen molar-refractivity contribution in [2.75, 3.05) is 4.90 Å². The lowest BCUT2D eigenvalue weighted by Crippen LogP contribution is -2.11. The number of thiophene rings is 1. The van der Waals surface area contributed by atoms with Crippen LogP contribution in [-0.4, -0.2) is 0 Å². The highest BCUT2D eigenvalue weighted by molar-refractivity contribution is 7.25. The van der Waals surface area contributed by atoms with Crippen LogP contribution in [0.25, 0.3) is 80.7 Å². The summed E-state index contributed by atoms with van der Waals surface area (Å²) in [5.74, 6) is 0.